The molecule has 5 amide bonds. The molecule has 0 rings (SSSR count). The Balaban J connectivity index is 6.08. The van der Waals surface area contributed by atoms with E-state index >= 15 is 0 Å². The van der Waals surface area contributed by atoms with Gasteiger partial charge in [-0.3, -0.25) is 24.0 Å². The zero-order chi connectivity index (χ0) is 51.2. The van der Waals surface area contributed by atoms with Gasteiger partial charge in [0.2, 0.25) is 29.5 Å². The molecule has 0 unspecified atom stereocenters. The molecule has 0 saturated carbocycles. The number of nitrogens with one attached hydrogen (secondary N) is 5. The molecule has 394 valence electrons. The van der Waals surface area contributed by atoms with Crippen molar-refractivity contribution < 1.29 is 46.4 Å². The first kappa shape index (κ1) is 64.0. The lowest BCUT2D eigenvalue weighted by Crippen LogP contribution is -2.44. The van der Waals surface area contributed by atoms with Crippen LogP contribution in [0.5, 0.6) is 0 Å². The van der Waals surface area contributed by atoms with E-state index in [0.717, 1.165) is 87.2 Å². The fourth-order valence-electron chi connectivity index (χ4n) is 7.22. The van der Waals surface area contributed by atoms with Crippen molar-refractivity contribution >= 4 is 29.5 Å². The molecule has 0 spiro atoms. The standard InChI is InChI=1S/C49H103N13O5/c1-58(2,3)40-16-26-50-45(63)21-31-55(32-22-46(64)51-27-17-41-59(4,5)6)36-38-57(35-25-49(67)54-30-20-44-62(13,14)15)39-37-56(33-23-47(65)52-28-18-42-60(7,8)9)34-24-48(66)53-29-19-43-61(10,11)12/h16-44H2,1-15H3/p+5. The lowest BCUT2D eigenvalue weighted by atomic mass is 10.2. The summed E-state index contributed by atoms with van der Waals surface area (Å²) in [6.45, 7) is 13.0. The highest BCUT2D eigenvalue weighted by atomic mass is 16.2. The fraction of sp³-hybridized carbons (Fsp3) is 0.898. The lowest BCUT2D eigenvalue weighted by molar-refractivity contribution is -0.870. The van der Waals surface area contributed by atoms with Crippen LogP contribution in [0.3, 0.4) is 0 Å². The van der Waals surface area contributed by atoms with Gasteiger partial charge in [0, 0.05) is 156 Å². The van der Waals surface area contributed by atoms with Crippen LogP contribution in [-0.2, 0) is 24.0 Å². The molecule has 0 aliphatic heterocycles. The third-order valence-corrected chi connectivity index (χ3v) is 11.4. The number of rotatable bonds is 41. The van der Waals surface area contributed by atoms with Gasteiger partial charge in [0.05, 0.1) is 138 Å². The third-order valence-electron chi connectivity index (χ3n) is 11.4. The summed E-state index contributed by atoms with van der Waals surface area (Å²) in [7, 11) is 32.2. The smallest absolute Gasteiger partial charge is 0.221 e. The molecule has 0 aliphatic carbocycles. The Bertz CT molecular complexity index is 1220. The van der Waals surface area contributed by atoms with Crippen molar-refractivity contribution in [3.8, 4) is 0 Å². The predicted octanol–water partition coefficient (Wildman–Crippen LogP) is -0.0946. The molecule has 0 bridgehead atoms. The summed E-state index contributed by atoms with van der Waals surface area (Å²) in [5.41, 5.74) is 0. The van der Waals surface area contributed by atoms with E-state index in [0.29, 0.717) is 124 Å². The summed E-state index contributed by atoms with van der Waals surface area (Å²) in [5, 5.41) is 15.4. The summed E-state index contributed by atoms with van der Waals surface area (Å²) in [5.74, 6) is 0.00878. The second kappa shape index (κ2) is 33.5. The molecule has 0 aromatic heterocycles. The van der Waals surface area contributed by atoms with Crippen LogP contribution in [-0.4, -0.2) is 297 Å². The highest BCUT2D eigenvalue weighted by Gasteiger charge is 2.19. The maximum absolute atomic E-state index is 13.2. The van der Waals surface area contributed by atoms with Gasteiger partial charge in [-0.15, -0.1) is 0 Å². The molecular weight excluding hydrogens is 851 g/mol. The van der Waals surface area contributed by atoms with E-state index < -0.39 is 0 Å². The molecule has 67 heavy (non-hydrogen) atoms. The average molecular weight is 959 g/mol. The number of hydrogen-bond acceptors (Lipinski definition) is 8. The fourth-order valence-corrected chi connectivity index (χ4v) is 7.22. The van der Waals surface area contributed by atoms with E-state index in [9.17, 15) is 24.0 Å². The number of hydrogen-bond donors (Lipinski definition) is 5. The van der Waals surface area contributed by atoms with Crippen LogP contribution in [0.15, 0.2) is 0 Å². The van der Waals surface area contributed by atoms with Crippen LogP contribution in [0.2, 0.25) is 0 Å². The van der Waals surface area contributed by atoms with Crippen LogP contribution >= 0.6 is 0 Å². The van der Waals surface area contributed by atoms with Crippen LogP contribution in [0.1, 0.15) is 64.2 Å². The zero-order valence-electron chi connectivity index (χ0n) is 46.1. The van der Waals surface area contributed by atoms with Crippen molar-refractivity contribution in [2.24, 2.45) is 0 Å². The average Bonchev–Trinajstić information content (AvgIpc) is 3.19. The second-order valence-electron chi connectivity index (χ2n) is 23.9. The zero-order valence-corrected chi connectivity index (χ0v) is 46.1. The van der Waals surface area contributed by atoms with Crippen LogP contribution < -0.4 is 26.6 Å². The van der Waals surface area contributed by atoms with Gasteiger partial charge in [0.25, 0.3) is 0 Å². The van der Waals surface area contributed by atoms with E-state index in [-0.39, 0.29) is 29.5 Å². The van der Waals surface area contributed by atoms with Gasteiger partial charge in [0.15, 0.2) is 0 Å². The molecule has 0 aromatic carbocycles. The minimum Gasteiger partial charge on any atom is -0.356 e. The summed E-state index contributed by atoms with van der Waals surface area (Å²) < 4.78 is 4.20. The maximum Gasteiger partial charge on any atom is 0.221 e. The molecule has 0 atom stereocenters. The van der Waals surface area contributed by atoms with Crippen LogP contribution in [0.25, 0.3) is 0 Å². The van der Waals surface area contributed by atoms with E-state index in [2.05, 4.69) is 147 Å². The lowest BCUT2D eigenvalue weighted by Gasteiger charge is -2.30. The van der Waals surface area contributed by atoms with Crippen LogP contribution in [0.4, 0.5) is 0 Å². The molecule has 18 nitrogen and oxygen atoms in total. The maximum atomic E-state index is 13.2. The van der Waals surface area contributed by atoms with Crippen molar-refractivity contribution in [2.45, 2.75) is 64.2 Å². The van der Waals surface area contributed by atoms with Gasteiger partial charge < -0.3 is 63.7 Å². The number of quaternary nitrogens is 5. The first-order valence-electron chi connectivity index (χ1n) is 25.4. The van der Waals surface area contributed by atoms with E-state index in [1.807, 2.05) is 0 Å². The molecule has 0 saturated heterocycles. The van der Waals surface area contributed by atoms with Gasteiger partial charge in [-0.25, -0.2) is 0 Å². The van der Waals surface area contributed by atoms with Gasteiger partial charge in [0.1, 0.15) is 0 Å². The summed E-state index contributed by atoms with van der Waals surface area (Å²) in [6.07, 6.45) is 6.11. The number of nitrogens with zero attached hydrogens (tertiary/aromatic N) is 8. The van der Waals surface area contributed by atoms with E-state index in [4.69, 9.17) is 0 Å². The monoisotopic (exact) mass is 959 g/mol. The third kappa shape index (κ3) is 45.2. The van der Waals surface area contributed by atoms with Crippen molar-refractivity contribution in [3.63, 3.8) is 0 Å². The number of carbonyl (C=O) groups is 5. The molecule has 0 fully saturated rings. The predicted molar refractivity (Wildman–Crippen MR) is 275 cm³/mol. The first-order valence-corrected chi connectivity index (χ1v) is 25.4. The summed E-state index contributed by atoms with van der Waals surface area (Å²) in [6, 6.07) is 0. The Morgan fingerprint density at radius 2 is 0.418 bits per heavy atom. The van der Waals surface area contributed by atoms with Crippen LogP contribution in [0, 0.1) is 0 Å². The second-order valence-corrected chi connectivity index (χ2v) is 23.9. The van der Waals surface area contributed by atoms with Gasteiger partial charge >= 0.3 is 0 Å². The number of carbonyl (C=O) groups excluding carboxylic acids is 5. The Labute approximate surface area is 410 Å². The summed E-state index contributed by atoms with van der Waals surface area (Å²) in [4.78, 5) is 71.9. The normalized spacial score (nSPS) is 12.7. The largest absolute Gasteiger partial charge is 0.356 e. The minimum atomic E-state index is 0.000377. The Hall–Kier alpha value is -2.97. The number of amides is 5. The first-order chi connectivity index (χ1) is 30.9. The Kier molecular flexibility index (Phi) is 32.1. The summed E-state index contributed by atoms with van der Waals surface area (Å²) >= 11 is 0. The van der Waals surface area contributed by atoms with Crippen molar-refractivity contribution in [2.75, 3.05) is 230 Å². The SMILES string of the molecule is C[N+](C)(C)CCCNC(=O)CCN(CCC(=O)NCCC[N+](C)(C)C)CCN(CCC(=O)NCCC[N+](C)(C)C)CCN(CCC(=O)NCCC[N+](C)(C)C)CCC(=O)NCCC[N+](C)(C)C. The van der Waals surface area contributed by atoms with Gasteiger partial charge in [-0.2, -0.15) is 0 Å². The van der Waals surface area contributed by atoms with Crippen molar-refractivity contribution in [1.82, 2.24) is 41.3 Å². The molecule has 0 radical (unpaired) electrons. The Morgan fingerprint density at radius 3 is 0.567 bits per heavy atom. The molecular formula is C49H108N13O5+5. The molecule has 5 N–H and O–H groups in total. The van der Waals surface area contributed by atoms with Crippen molar-refractivity contribution in [1.29, 1.82) is 0 Å². The Morgan fingerprint density at radius 1 is 0.269 bits per heavy atom. The molecule has 0 aromatic rings. The molecule has 0 heterocycles. The van der Waals surface area contributed by atoms with Gasteiger partial charge in [-0.05, 0) is 0 Å². The highest BCUT2D eigenvalue weighted by Crippen LogP contribution is 2.04. The minimum absolute atomic E-state index is 0.000377. The molecule has 18 heteroatoms. The highest BCUT2D eigenvalue weighted by molar-refractivity contribution is 5.77. The van der Waals surface area contributed by atoms with Gasteiger partial charge in [-0.1, -0.05) is 0 Å². The quantitative estimate of drug-likeness (QED) is 0.0421. The topological polar surface area (TPSA) is 155 Å². The van der Waals surface area contributed by atoms with E-state index in [1.54, 1.807) is 0 Å². The molecule has 0 aliphatic rings. The van der Waals surface area contributed by atoms with E-state index in [1.165, 1.54) is 0 Å². The van der Waals surface area contributed by atoms with Crippen molar-refractivity contribution in [3.05, 3.63) is 0 Å².